The van der Waals surface area contributed by atoms with E-state index in [9.17, 15) is 9.59 Å². The number of nitrogens with zero attached hydrogens (tertiary/aromatic N) is 1. The van der Waals surface area contributed by atoms with Crippen molar-refractivity contribution in [2.45, 2.75) is 26.3 Å². The molecule has 1 aromatic carbocycles. The molecule has 1 aromatic heterocycles. The summed E-state index contributed by atoms with van der Waals surface area (Å²) < 4.78 is 4.58. The zero-order valence-corrected chi connectivity index (χ0v) is 14.0. The van der Waals surface area contributed by atoms with Crippen LogP contribution in [0.15, 0.2) is 36.5 Å². The van der Waals surface area contributed by atoms with Crippen LogP contribution in [0.1, 0.15) is 20.3 Å². The van der Waals surface area contributed by atoms with Gasteiger partial charge in [0.05, 0.1) is 12.8 Å². The number of hydrogen-bond donors (Lipinski definition) is 3. The smallest absolute Gasteiger partial charge is 0.407 e. The third kappa shape index (κ3) is 4.84. The predicted octanol–water partition coefficient (Wildman–Crippen LogP) is 2.79. The number of rotatable bonds is 6. The Balaban J connectivity index is 2.04. The zero-order chi connectivity index (χ0) is 17.5. The van der Waals surface area contributed by atoms with Gasteiger partial charge in [-0.25, -0.2) is 4.79 Å². The number of nitrogens with one attached hydrogen (secondary N) is 3. The van der Waals surface area contributed by atoms with Gasteiger partial charge in [0.25, 0.3) is 0 Å². The average Bonchev–Trinajstić information content (AvgIpc) is 3.08. The lowest BCUT2D eigenvalue weighted by atomic mass is 10.0. The summed E-state index contributed by atoms with van der Waals surface area (Å²) in [5.74, 6) is -0.0240. The second-order valence-corrected chi connectivity index (χ2v) is 5.85. The van der Waals surface area contributed by atoms with E-state index in [0.717, 1.165) is 11.3 Å². The first-order valence-electron chi connectivity index (χ1n) is 7.74. The fourth-order valence-electron chi connectivity index (χ4n) is 2.28. The first-order valence-corrected chi connectivity index (χ1v) is 7.74. The van der Waals surface area contributed by atoms with E-state index < -0.39 is 12.1 Å². The molecule has 0 spiro atoms. The Kier molecular flexibility index (Phi) is 5.95. The number of H-pyrrole nitrogens is 1. The van der Waals surface area contributed by atoms with Gasteiger partial charge < -0.3 is 15.4 Å². The van der Waals surface area contributed by atoms with Gasteiger partial charge in [0.2, 0.25) is 5.91 Å². The van der Waals surface area contributed by atoms with Gasteiger partial charge in [0.15, 0.2) is 0 Å². The van der Waals surface area contributed by atoms with E-state index in [1.54, 1.807) is 18.3 Å². The van der Waals surface area contributed by atoms with Crippen molar-refractivity contribution in [1.29, 1.82) is 0 Å². The highest BCUT2D eigenvalue weighted by molar-refractivity contribution is 5.96. The predicted molar refractivity (Wildman–Crippen MR) is 91.4 cm³/mol. The molecule has 2 rings (SSSR count). The Morgan fingerprint density at radius 1 is 1.21 bits per heavy atom. The summed E-state index contributed by atoms with van der Waals surface area (Å²) >= 11 is 0. The van der Waals surface area contributed by atoms with Crippen LogP contribution >= 0.6 is 0 Å². The fourth-order valence-corrected chi connectivity index (χ4v) is 2.28. The van der Waals surface area contributed by atoms with Crippen LogP contribution in [0, 0.1) is 5.92 Å². The maximum absolute atomic E-state index is 12.4. The highest BCUT2D eigenvalue weighted by atomic mass is 16.5. The van der Waals surface area contributed by atoms with E-state index in [-0.39, 0.29) is 11.8 Å². The zero-order valence-electron chi connectivity index (χ0n) is 14.0. The quantitative estimate of drug-likeness (QED) is 0.759. The Hall–Kier alpha value is -2.83. The molecule has 0 bridgehead atoms. The Bertz CT molecular complexity index is 666. The van der Waals surface area contributed by atoms with E-state index in [1.807, 2.05) is 32.0 Å². The minimum atomic E-state index is -0.648. The minimum Gasteiger partial charge on any atom is -0.453 e. The lowest BCUT2D eigenvalue weighted by molar-refractivity contribution is -0.118. The molecule has 0 fully saturated rings. The first-order chi connectivity index (χ1) is 11.5. The van der Waals surface area contributed by atoms with Crippen molar-refractivity contribution in [2.24, 2.45) is 5.92 Å². The van der Waals surface area contributed by atoms with Crippen molar-refractivity contribution >= 4 is 17.7 Å². The largest absolute Gasteiger partial charge is 0.453 e. The molecule has 128 valence electrons. The lowest BCUT2D eigenvalue weighted by Gasteiger charge is -2.19. The van der Waals surface area contributed by atoms with Crippen LogP contribution in [0.25, 0.3) is 11.3 Å². The number of amides is 2. The molecular formula is C17H22N4O3. The molecule has 1 heterocycles. The number of methoxy groups -OCH3 is 1. The molecule has 3 N–H and O–H groups in total. The molecule has 7 heteroatoms. The lowest BCUT2D eigenvalue weighted by Crippen LogP contribution is -2.44. The third-order valence-electron chi connectivity index (χ3n) is 3.47. The van der Waals surface area contributed by atoms with Crippen molar-refractivity contribution in [3.8, 4) is 11.3 Å². The molecule has 0 saturated heterocycles. The fraction of sp³-hybridized carbons (Fsp3) is 0.353. The van der Waals surface area contributed by atoms with Crippen LogP contribution in [0.2, 0.25) is 0 Å². The summed E-state index contributed by atoms with van der Waals surface area (Å²) in [4.78, 5) is 23.8. The summed E-state index contributed by atoms with van der Waals surface area (Å²) in [6, 6.07) is 8.59. The summed E-state index contributed by atoms with van der Waals surface area (Å²) in [6.45, 7) is 3.97. The van der Waals surface area contributed by atoms with Crippen LogP contribution in [-0.2, 0) is 9.53 Å². The molecule has 0 radical (unpaired) electrons. The van der Waals surface area contributed by atoms with Crippen LogP contribution in [0.5, 0.6) is 0 Å². The third-order valence-corrected chi connectivity index (χ3v) is 3.47. The van der Waals surface area contributed by atoms with Crippen molar-refractivity contribution < 1.29 is 14.3 Å². The van der Waals surface area contributed by atoms with Gasteiger partial charge in [0.1, 0.15) is 6.04 Å². The molecule has 0 saturated carbocycles. The Morgan fingerprint density at radius 3 is 2.46 bits per heavy atom. The monoisotopic (exact) mass is 330 g/mol. The number of alkyl carbamates (subject to hydrolysis) is 1. The highest BCUT2D eigenvalue weighted by Gasteiger charge is 2.22. The number of aromatic nitrogens is 2. The standard InChI is InChI=1S/C17H22N4O3/c1-11(2)10-15(20-17(23)24-3)16(22)19-13-6-4-12(5-7-13)14-8-9-18-21-14/h4-9,11,15H,10H2,1-3H3,(H,18,21)(H,19,22)(H,20,23)/t15-/m1/s1. The summed E-state index contributed by atoms with van der Waals surface area (Å²) in [6.07, 6.45) is 1.58. The topological polar surface area (TPSA) is 96.1 Å². The van der Waals surface area contributed by atoms with E-state index in [4.69, 9.17) is 0 Å². The molecule has 0 aliphatic rings. The molecule has 0 aliphatic carbocycles. The molecule has 0 unspecified atom stereocenters. The SMILES string of the molecule is COC(=O)N[C@H](CC(C)C)C(=O)Nc1ccc(-c2ccn[nH]2)cc1. The normalized spacial score (nSPS) is 11.8. The second kappa shape index (κ2) is 8.14. The van der Waals surface area contributed by atoms with E-state index in [2.05, 4.69) is 25.6 Å². The summed E-state index contributed by atoms with van der Waals surface area (Å²) in [7, 11) is 1.27. The van der Waals surface area contributed by atoms with Crippen LogP contribution in [-0.4, -0.2) is 35.3 Å². The van der Waals surface area contributed by atoms with E-state index in [1.165, 1.54) is 7.11 Å². The van der Waals surface area contributed by atoms with Crippen molar-refractivity contribution in [3.63, 3.8) is 0 Å². The number of carbonyl (C=O) groups excluding carboxylic acids is 2. The maximum atomic E-state index is 12.4. The number of hydrogen-bond acceptors (Lipinski definition) is 4. The molecule has 24 heavy (non-hydrogen) atoms. The van der Waals surface area contributed by atoms with E-state index >= 15 is 0 Å². The van der Waals surface area contributed by atoms with Gasteiger partial charge in [-0.15, -0.1) is 0 Å². The molecule has 2 aromatic rings. The number of carbonyl (C=O) groups is 2. The maximum Gasteiger partial charge on any atom is 0.407 e. The first kappa shape index (κ1) is 17.5. The van der Waals surface area contributed by atoms with Crippen LogP contribution < -0.4 is 10.6 Å². The van der Waals surface area contributed by atoms with Crippen LogP contribution in [0.3, 0.4) is 0 Å². The van der Waals surface area contributed by atoms with Gasteiger partial charge in [-0.05, 0) is 36.1 Å². The highest BCUT2D eigenvalue weighted by Crippen LogP contribution is 2.19. The number of benzene rings is 1. The number of aromatic amines is 1. The average molecular weight is 330 g/mol. The van der Waals surface area contributed by atoms with Gasteiger partial charge in [0, 0.05) is 11.9 Å². The molecular weight excluding hydrogens is 308 g/mol. The molecule has 2 amide bonds. The molecule has 7 nitrogen and oxygen atoms in total. The van der Waals surface area contributed by atoms with Gasteiger partial charge in [-0.3, -0.25) is 9.89 Å². The van der Waals surface area contributed by atoms with Gasteiger partial charge in [-0.1, -0.05) is 26.0 Å². The van der Waals surface area contributed by atoms with E-state index in [0.29, 0.717) is 12.1 Å². The van der Waals surface area contributed by atoms with Crippen LogP contribution in [0.4, 0.5) is 10.5 Å². The Labute approximate surface area is 140 Å². The summed E-state index contributed by atoms with van der Waals surface area (Å²) in [5.41, 5.74) is 2.53. The second-order valence-electron chi connectivity index (χ2n) is 5.85. The van der Waals surface area contributed by atoms with Crippen molar-refractivity contribution in [3.05, 3.63) is 36.5 Å². The van der Waals surface area contributed by atoms with Crippen molar-refractivity contribution in [2.75, 3.05) is 12.4 Å². The minimum absolute atomic E-state index is 0.251. The number of ether oxygens (including phenoxy) is 1. The van der Waals surface area contributed by atoms with Gasteiger partial charge in [-0.2, -0.15) is 5.10 Å². The molecule has 0 aliphatic heterocycles. The summed E-state index contributed by atoms with van der Waals surface area (Å²) in [5, 5.41) is 12.2. The molecule has 1 atom stereocenters. The number of anilines is 1. The van der Waals surface area contributed by atoms with Gasteiger partial charge >= 0.3 is 6.09 Å². The Morgan fingerprint density at radius 2 is 1.92 bits per heavy atom. The van der Waals surface area contributed by atoms with Crippen molar-refractivity contribution in [1.82, 2.24) is 15.5 Å².